The van der Waals surface area contributed by atoms with Crippen LogP contribution in [0.15, 0.2) is 36.5 Å². The summed E-state index contributed by atoms with van der Waals surface area (Å²) in [4.78, 5) is 11.9. The van der Waals surface area contributed by atoms with Gasteiger partial charge in [0, 0.05) is 35.5 Å². The van der Waals surface area contributed by atoms with Crippen molar-refractivity contribution in [1.82, 2.24) is 15.3 Å². The first-order valence-electron chi connectivity index (χ1n) is 9.34. The number of halogens is 2. The van der Waals surface area contributed by atoms with E-state index in [0.29, 0.717) is 11.4 Å². The van der Waals surface area contributed by atoms with Crippen molar-refractivity contribution in [3.63, 3.8) is 0 Å². The molecular formula is C20H27ClFN3O3. The minimum Gasteiger partial charge on any atom is -0.377 e. The largest absolute Gasteiger partial charge is 0.377 e. The van der Waals surface area contributed by atoms with E-state index in [9.17, 15) is 9.18 Å². The number of aromatic nitrogens is 2. The number of rotatable bonds is 11. The molecule has 2 aromatic rings. The van der Waals surface area contributed by atoms with E-state index in [1.54, 1.807) is 11.7 Å². The number of nitrogens with zero attached hydrogens (tertiary/aromatic N) is 2. The van der Waals surface area contributed by atoms with Gasteiger partial charge in [0.2, 0.25) is 5.91 Å². The van der Waals surface area contributed by atoms with Crippen molar-refractivity contribution in [3.05, 3.63) is 52.8 Å². The van der Waals surface area contributed by atoms with E-state index >= 15 is 0 Å². The molecule has 0 radical (unpaired) electrons. The van der Waals surface area contributed by atoms with Gasteiger partial charge in [-0.3, -0.25) is 19.1 Å². The Hall–Kier alpha value is -1.96. The van der Waals surface area contributed by atoms with Gasteiger partial charge in [-0.1, -0.05) is 23.7 Å². The highest BCUT2D eigenvalue weighted by molar-refractivity contribution is 6.30. The maximum atomic E-state index is 12.6. The molecule has 1 aromatic carbocycles. The molecule has 154 valence electrons. The molecule has 0 aliphatic heterocycles. The second kappa shape index (κ2) is 11.1. The van der Waals surface area contributed by atoms with E-state index in [2.05, 4.69) is 5.10 Å². The zero-order valence-electron chi connectivity index (χ0n) is 16.1. The van der Waals surface area contributed by atoms with Crippen LogP contribution in [0.3, 0.4) is 0 Å². The predicted molar refractivity (Wildman–Crippen MR) is 105 cm³/mol. The van der Waals surface area contributed by atoms with Gasteiger partial charge in [0.15, 0.2) is 0 Å². The van der Waals surface area contributed by atoms with Crippen molar-refractivity contribution in [2.45, 2.75) is 51.2 Å². The highest BCUT2D eigenvalue weighted by Gasteiger charge is 2.30. The summed E-state index contributed by atoms with van der Waals surface area (Å²) >= 11 is 5.99. The minimum atomic E-state index is -0.554. The maximum absolute atomic E-state index is 12.6. The van der Waals surface area contributed by atoms with Gasteiger partial charge in [0.1, 0.15) is 0 Å². The first-order chi connectivity index (χ1) is 13.5. The Morgan fingerprint density at radius 2 is 2.04 bits per heavy atom. The lowest BCUT2D eigenvalue weighted by Gasteiger charge is -2.28. The van der Waals surface area contributed by atoms with E-state index in [4.69, 9.17) is 21.5 Å². The van der Waals surface area contributed by atoms with Crippen LogP contribution in [0.1, 0.15) is 49.9 Å². The van der Waals surface area contributed by atoms with Crippen LogP contribution in [-0.2, 0) is 16.0 Å². The third kappa shape index (κ3) is 6.29. The normalized spacial score (nSPS) is 13.5. The summed E-state index contributed by atoms with van der Waals surface area (Å²) in [6.45, 7) is 3.74. The molecule has 2 rings (SSSR count). The van der Waals surface area contributed by atoms with Crippen molar-refractivity contribution in [2.75, 3.05) is 13.3 Å². The average molecular weight is 412 g/mol. The summed E-state index contributed by atoms with van der Waals surface area (Å²) in [5.41, 5.74) is 3.60. The smallest absolute Gasteiger partial charge is 0.245 e. The fourth-order valence-electron chi connectivity index (χ4n) is 3.19. The Morgan fingerprint density at radius 3 is 2.64 bits per heavy atom. The van der Waals surface area contributed by atoms with Gasteiger partial charge in [-0.15, -0.1) is 0 Å². The molecule has 1 aromatic heterocycles. The molecule has 0 unspecified atom stereocenters. The van der Waals surface area contributed by atoms with Gasteiger partial charge in [-0.05, 0) is 50.5 Å². The van der Waals surface area contributed by atoms with Crippen LogP contribution in [0, 0.1) is 0 Å². The van der Waals surface area contributed by atoms with Crippen LogP contribution < -0.4 is 5.48 Å². The second-order valence-corrected chi connectivity index (χ2v) is 7.36. The molecule has 0 spiro atoms. The van der Waals surface area contributed by atoms with Crippen LogP contribution in [-0.4, -0.2) is 40.3 Å². The summed E-state index contributed by atoms with van der Waals surface area (Å²) in [6, 6.07) is 9.51. The fourth-order valence-corrected chi connectivity index (χ4v) is 3.31. The quantitative estimate of drug-likeness (QED) is 0.332. The number of carbonyl (C=O) groups excluding carboxylic acids is 1. The number of nitrogens with one attached hydrogen (secondary N) is 1. The number of hydrogen-bond donors (Lipinski definition) is 2. The van der Waals surface area contributed by atoms with Gasteiger partial charge in [0.25, 0.3) is 0 Å². The highest BCUT2D eigenvalue weighted by atomic mass is 35.5. The number of alkyl halides is 1. The molecular weight excluding hydrogens is 385 g/mol. The third-order valence-electron chi connectivity index (χ3n) is 4.51. The lowest BCUT2D eigenvalue weighted by atomic mass is 9.88. The molecule has 0 aliphatic carbocycles. The Morgan fingerprint density at radius 1 is 1.32 bits per heavy atom. The lowest BCUT2D eigenvalue weighted by molar-refractivity contribution is -0.132. The number of hydrogen-bond acceptors (Lipinski definition) is 4. The van der Waals surface area contributed by atoms with Crippen molar-refractivity contribution >= 4 is 17.5 Å². The van der Waals surface area contributed by atoms with E-state index in [1.807, 2.05) is 48.9 Å². The highest BCUT2D eigenvalue weighted by Crippen LogP contribution is 2.30. The molecule has 0 saturated heterocycles. The van der Waals surface area contributed by atoms with E-state index in [0.717, 1.165) is 11.3 Å². The minimum absolute atomic E-state index is 0.0513. The first-order valence-corrected chi connectivity index (χ1v) is 9.72. The Kier molecular flexibility index (Phi) is 8.89. The standard InChI is InChI=1S/C20H27ClFN3O3/c1-14(2)25-18(8-10-23-25)17(12-15-4-6-16(21)7-5-15)19(13-20(26)24-27)28-11-3-9-22/h4-8,10,14,17,19,27H,3,9,11-13H2,1-2H3,(H,24,26)/t17-,19-/m1/s1. The molecule has 0 fully saturated rings. The fraction of sp³-hybridized carbons (Fsp3) is 0.500. The molecule has 6 nitrogen and oxygen atoms in total. The topological polar surface area (TPSA) is 76.4 Å². The van der Waals surface area contributed by atoms with Gasteiger partial charge in [0.05, 0.1) is 19.2 Å². The summed E-state index contributed by atoms with van der Waals surface area (Å²) in [7, 11) is 0. The zero-order valence-corrected chi connectivity index (χ0v) is 16.9. The van der Waals surface area contributed by atoms with E-state index in [-0.39, 0.29) is 31.4 Å². The Balaban J connectivity index is 2.37. The Bertz CT molecular complexity index is 737. The van der Waals surface area contributed by atoms with Crippen molar-refractivity contribution < 1.29 is 19.1 Å². The van der Waals surface area contributed by atoms with Gasteiger partial charge < -0.3 is 4.74 Å². The number of ether oxygens (including phenoxy) is 1. The molecule has 1 heterocycles. The molecule has 0 bridgehead atoms. The molecule has 2 N–H and O–H groups in total. The second-order valence-electron chi connectivity index (χ2n) is 6.92. The summed E-state index contributed by atoms with van der Waals surface area (Å²) < 4.78 is 20.4. The summed E-state index contributed by atoms with van der Waals surface area (Å²) in [6.07, 6.45) is 1.94. The zero-order chi connectivity index (χ0) is 20.5. The van der Waals surface area contributed by atoms with Gasteiger partial charge in [-0.2, -0.15) is 5.10 Å². The number of benzene rings is 1. The third-order valence-corrected chi connectivity index (χ3v) is 4.76. The van der Waals surface area contributed by atoms with Crippen LogP contribution in [0.25, 0.3) is 0 Å². The van der Waals surface area contributed by atoms with Gasteiger partial charge >= 0.3 is 0 Å². The maximum Gasteiger partial charge on any atom is 0.245 e. The number of hydroxylamine groups is 1. The van der Waals surface area contributed by atoms with Crippen molar-refractivity contribution in [1.29, 1.82) is 0 Å². The van der Waals surface area contributed by atoms with Crippen molar-refractivity contribution in [2.24, 2.45) is 0 Å². The van der Waals surface area contributed by atoms with E-state index < -0.39 is 18.7 Å². The number of carbonyl (C=O) groups is 1. The van der Waals surface area contributed by atoms with Gasteiger partial charge in [-0.25, -0.2) is 5.48 Å². The SMILES string of the molecule is CC(C)n1nccc1[C@@H](Cc1ccc(Cl)cc1)[C@@H](CC(=O)NO)OCCCF. The van der Waals surface area contributed by atoms with Crippen LogP contribution in [0.2, 0.25) is 5.02 Å². The molecule has 1 amide bonds. The number of amides is 1. The molecule has 28 heavy (non-hydrogen) atoms. The molecule has 8 heteroatoms. The molecule has 2 atom stereocenters. The summed E-state index contributed by atoms with van der Waals surface area (Å²) in [5.74, 6) is -0.773. The average Bonchev–Trinajstić information content (AvgIpc) is 3.16. The predicted octanol–water partition coefficient (Wildman–Crippen LogP) is 4.08. The first kappa shape index (κ1) is 22.3. The molecule has 0 aliphatic rings. The monoisotopic (exact) mass is 411 g/mol. The Labute approximate surface area is 169 Å². The molecule has 0 saturated carbocycles. The lowest BCUT2D eigenvalue weighted by Crippen LogP contribution is -2.33. The van der Waals surface area contributed by atoms with E-state index in [1.165, 1.54) is 0 Å². The van der Waals surface area contributed by atoms with Crippen LogP contribution in [0.5, 0.6) is 0 Å². The van der Waals surface area contributed by atoms with Crippen molar-refractivity contribution in [3.8, 4) is 0 Å². The van der Waals surface area contributed by atoms with Crippen LogP contribution in [0.4, 0.5) is 4.39 Å². The van der Waals surface area contributed by atoms with Crippen LogP contribution >= 0.6 is 11.6 Å². The summed E-state index contributed by atoms with van der Waals surface area (Å²) in [5, 5.41) is 14.0.